The third-order valence-electron chi connectivity index (χ3n) is 4.20. The molecule has 0 aromatic carbocycles. The van der Waals surface area contributed by atoms with E-state index >= 15 is 0 Å². The Kier molecular flexibility index (Phi) is 3.46. The van der Waals surface area contributed by atoms with Crippen LogP contribution in [0.5, 0.6) is 0 Å². The van der Waals surface area contributed by atoms with Crippen LogP contribution in [0.1, 0.15) is 56.1 Å². The van der Waals surface area contributed by atoms with Crippen molar-refractivity contribution in [2.75, 3.05) is 13.1 Å². The number of hydrogen-bond donors (Lipinski definition) is 1. The quantitative estimate of drug-likeness (QED) is 0.874. The van der Waals surface area contributed by atoms with Crippen molar-refractivity contribution in [3.63, 3.8) is 0 Å². The van der Waals surface area contributed by atoms with Crippen LogP contribution in [0, 0.1) is 5.92 Å². The Balaban J connectivity index is 1.60. The molecule has 1 atom stereocenters. The second kappa shape index (κ2) is 5.21. The molecule has 3 nitrogen and oxygen atoms in total. The second-order valence-electron chi connectivity index (χ2n) is 5.55. The highest BCUT2D eigenvalue weighted by Crippen LogP contribution is 2.33. The molecular weight excluding hydrogens is 212 g/mol. The molecule has 1 N–H and O–H groups in total. The zero-order valence-corrected chi connectivity index (χ0v) is 10.5. The fraction of sp³-hybridized carbons (Fsp3) is 0.786. The standard InChI is InChI=1S/C14H22N2O/c1-2-4-12(5-3-1)13-10-16-14(17-13)8-11-6-7-15-9-11/h10-12,15H,1-9H2. The van der Waals surface area contributed by atoms with Crippen LogP contribution in [-0.4, -0.2) is 18.1 Å². The normalized spacial score (nSPS) is 26.5. The summed E-state index contributed by atoms with van der Waals surface area (Å²) in [5.74, 6) is 3.48. The molecule has 0 spiro atoms. The molecule has 3 heteroatoms. The zero-order chi connectivity index (χ0) is 11.5. The van der Waals surface area contributed by atoms with E-state index in [9.17, 15) is 0 Å². The summed E-state index contributed by atoms with van der Waals surface area (Å²) < 4.78 is 5.95. The van der Waals surface area contributed by atoms with E-state index in [0.717, 1.165) is 37.1 Å². The van der Waals surface area contributed by atoms with Gasteiger partial charge in [0.05, 0.1) is 6.20 Å². The smallest absolute Gasteiger partial charge is 0.194 e. The van der Waals surface area contributed by atoms with E-state index in [-0.39, 0.29) is 0 Å². The Bertz CT molecular complexity index is 349. The number of oxazole rings is 1. The summed E-state index contributed by atoms with van der Waals surface area (Å²) >= 11 is 0. The highest BCUT2D eigenvalue weighted by molar-refractivity contribution is 5.03. The Morgan fingerprint density at radius 1 is 1.24 bits per heavy atom. The Hall–Kier alpha value is -0.830. The van der Waals surface area contributed by atoms with Gasteiger partial charge in [0.2, 0.25) is 0 Å². The van der Waals surface area contributed by atoms with Crippen LogP contribution in [0.2, 0.25) is 0 Å². The van der Waals surface area contributed by atoms with Crippen molar-refractivity contribution in [2.24, 2.45) is 5.92 Å². The molecule has 1 saturated carbocycles. The van der Waals surface area contributed by atoms with Crippen molar-refractivity contribution in [1.82, 2.24) is 10.3 Å². The number of hydrogen-bond acceptors (Lipinski definition) is 3. The van der Waals surface area contributed by atoms with Crippen molar-refractivity contribution in [3.05, 3.63) is 17.8 Å². The summed E-state index contributed by atoms with van der Waals surface area (Å²) in [6, 6.07) is 0. The zero-order valence-electron chi connectivity index (χ0n) is 10.5. The summed E-state index contributed by atoms with van der Waals surface area (Å²) in [7, 11) is 0. The summed E-state index contributed by atoms with van der Waals surface area (Å²) in [6.45, 7) is 2.28. The molecular formula is C14H22N2O. The summed E-state index contributed by atoms with van der Waals surface area (Å²) in [6.07, 6.45) is 10.9. The van der Waals surface area contributed by atoms with Crippen molar-refractivity contribution in [1.29, 1.82) is 0 Å². The van der Waals surface area contributed by atoms with Crippen LogP contribution in [0.25, 0.3) is 0 Å². The van der Waals surface area contributed by atoms with Gasteiger partial charge in [-0.2, -0.15) is 0 Å². The molecule has 2 heterocycles. The van der Waals surface area contributed by atoms with Crippen LogP contribution in [0.15, 0.2) is 10.6 Å². The van der Waals surface area contributed by atoms with Gasteiger partial charge >= 0.3 is 0 Å². The molecule has 1 saturated heterocycles. The van der Waals surface area contributed by atoms with Crippen LogP contribution in [0.4, 0.5) is 0 Å². The average molecular weight is 234 g/mol. The largest absolute Gasteiger partial charge is 0.445 e. The van der Waals surface area contributed by atoms with E-state index in [1.54, 1.807) is 0 Å². The Morgan fingerprint density at radius 2 is 2.12 bits per heavy atom. The number of nitrogens with zero attached hydrogens (tertiary/aromatic N) is 1. The van der Waals surface area contributed by atoms with Gasteiger partial charge in [0.15, 0.2) is 5.89 Å². The molecule has 1 aliphatic heterocycles. The number of rotatable bonds is 3. The van der Waals surface area contributed by atoms with E-state index in [2.05, 4.69) is 10.3 Å². The highest BCUT2D eigenvalue weighted by atomic mass is 16.4. The molecule has 2 aliphatic rings. The molecule has 1 aromatic rings. The van der Waals surface area contributed by atoms with Gasteiger partial charge in [0, 0.05) is 12.3 Å². The van der Waals surface area contributed by atoms with Gasteiger partial charge in [-0.25, -0.2) is 4.98 Å². The summed E-state index contributed by atoms with van der Waals surface area (Å²) in [5.41, 5.74) is 0. The average Bonchev–Trinajstić information content (AvgIpc) is 3.02. The third kappa shape index (κ3) is 2.71. The summed E-state index contributed by atoms with van der Waals surface area (Å²) in [5, 5.41) is 3.39. The molecule has 0 radical (unpaired) electrons. The molecule has 94 valence electrons. The lowest BCUT2D eigenvalue weighted by Gasteiger charge is -2.18. The maximum Gasteiger partial charge on any atom is 0.194 e. The van der Waals surface area contributed by atoms with Crippen LogP contribution < -0.4 is 5.32 Å². The Labute approximate surface area is 103 Å². The monoisotopic (exact) mass is 234 g/mol. The van der Waals surface area contributed by atoms with Gasteiger partial charge in [-0.05, 0) is 38.3 Å². The molecule has 1 unspecified atom stereocenters. The topological polar surface area (TPSA) is 38.1 Å². The lowest BCUT2D eigenvalue weighted by molar-refractivity contribution is 0.350. The van der Waals surface area contributed by atoms with Gasteiger partial charge < -0.3 is 9.73 Å². The minimum absolute atomic E-state index is 0.645. The van der Waals surface area contributed by atoms with Gasteiger partial charge in [-0.15, -0.1) is 0 Å². The van der Waals surface area contributed by atoms with Crippen LogP contribution >= 0.6 is 0 Å². The second-order valence-corrected chi connectivity index (χ2v) is 5.55. The minimum atomic E-state index is 0.645. The van der Waals surface area contributed by atoms with Crippen molar-refractivity contribution < 1.29 is 4.42 Å². The lowest BCUT2D eigenvalue weighted by Crippen LogP contribution is -2.10. The van der Waals surface area contributed by atoms with Gasteiger partial charge in [0.25, 0.3) is 0 Å². The molecule has 3 rings (SSSR count). The van der Waals surface area contributed by atoms with E-state index in [1.165, 1.54) is 38.5 Å². The SMILES string of the molecule is c1nc(CC2CCNC2)oc1C1CCCCC1. The molecule has 0 amide bonds. The number of nitrogens with one attached hydrogen (secondary N) is 1. The predicted octanol–water partition coefficient (Wildman–Crippen LogP) is 2.87. The van der Waals surface area contributed by atoms with Crippen molar-refractivity contribution in [2.45, 2.75) is 50.9 Å². The van der Waals surface area contributed by atoms with Gasteiger partial charge in [-0.1, -0.05) is 19.3 Å². The van der Waals surface area contributed by atoms with Gasteiger partial charge in [-0.3, -0.25) is 0 Å². The van der Waals surface area contributed by atoms with Crippen LogP contribution in [-0.2, 0) is 6.42 Å². The molecule has 1 aromatic heterocycles. The van der Waals surface area contributed by atoms with E-state index < -0.39 is 0 Å². The van der Waals surface area contributed by atoms with Crippen molar-refractivity contribution >= 4 is 0 Å². The number of aromatic nitrogens is 1. The minimum Gasteiger partial charge on any atom is -0.445 e. The first-order valence-electron chi connectivity index (χ1n) is 7.07. The molecule has 0 bridgehead atoms. The third-order valence-corrected chi connectivity index (χ3v) is 4.20. The van der Waals surface area contributed by atoms with Gasteiger partial charge in [0.1, 0.15) is 5.76 Å². The first kappa shape index (κ1) is 11.3. The first-order chi connectivity index (χ1) is 8.42. The molecule has 2 fully saturated rings. The predicted molar refractivity (Wildman–Crippen MR) is 67.0 cm³/mol. The molecule has 17 heavy (non-hydrogen) atoms. The molecule has 1 aliphatic carbocycles. The highest BCUT2D eigenvalue weighted by Gasteiger charge is 2.21. The summed E-state index contributed by atoms with van der Waals surface area (Å²) in [4.78, 5) is 4.46. The van der Waals surface area contributed by atoms with E-state index in [0.29, 0.717) is 5.92 Å². The fourth-order valence-electron chi connectivity index (χ4n) is 3.13. The van der Waals surface area contributed by atoms with Crippen molar-refractivity contribution in [3.8, 4) is 0 Å². The maximum atomic E-state index is 5.95. The first-order valence-corrected chi connectivity index (χ1v) is 7.07. The fourth-order valence-corrected chi connectivity index (χ4v) is 3.13. The van der Waals surface area contributed by atoms with E-state index in [4.69, 9.17) is 4.42 Å². The maximum absolute atomic E-state index is 5.95. The Morgan fingerprint density at radius 3 is 2.88 bits per heavy atom. The van der Waals surface area contributed by atoms with E-state index in [1.807, 2.05) is 6.20 Å². The lowest BCUT2D eigenvalue weighted by atomic mass is 9.88. The van der Waals surface area contributed by atoms with Crippen LogP contribution in [0.3, 0.4) is 0 Å².